The SMILES string of the molecule is CNC(=O)c1ccc(OC)cc1OC(=O)c1ccc(Cl)cc1. The Kier molecular flexibility index (Phi) is 5.01. The number of ether oxygens (including phenoxy) is 2. The Hall–Kier alpha value is -2.53. The molecule has 5 nitrogen and oxygen atoms in total. The average molecular weight is 320 g/mol. The molecule has 0 aliphatic rings. The molecule has 0 bridgehead atoms. The Morgan fingerprint density at radius 1 is 1.09 bits per heavy atom. The van der Waals surface area contributed by atoms with Crippen molar-refractivity contribution in [2.45, 2.75) is 0 Å². The summed E-state index contributed by atoms with van der Waals surface area (Å²) in [6, 6.07) is 10.9. The molecule has 22 heavy (non-hydrogen) atoms. The maximum atomic E-state index is 12.2. The Morgan fingerprint density at radius 2 is 1.77 bits per heavy atom. The summed E-state index contributed by atoms with van der Waals surface area (Å²) in [6.45, 7) is 0. The largest absolute Gasteiger partial charge is 0.497 e. The number of hydrogen-bond donors (Lipinski definition) is 1. The summed E-state index contributed by atoms with van der Waals surface area (Å²) in [5, 5.41) is 3.01. The highest BCUT2D eigenvalue weighted by Crippen LogP contribution is 2.26. The minimum absolute atomic E-state index is 0.124. The number of esters is 1. The van der Waals surface area contributed by atoms with E-state index in [4.69, 9.17) is 21.1 Å². The molecule has 0 heterocycles. The van der Waals surface area contributed by atoms with E-state index >= 15 is 0 Å². The van der Waals surface area contributed by atoms with E-state index in [0.717, 1.165) is 0 Å². The second-order valence-electron chi connectivity index (χ2n) is 4.34. The average Bonchev–Trinajstić information content (AvgIpc) is 2.54. The third-order valence-electron chi connectivity index (χ3n) is 2.94. The summed E-state index contributed by atoms with van der Waals surface area (Å²) in [4.78, 5) is 24.0. The third-order valence-corrected chi connectivity index (χ3v) is 3.20. The van der Waals surface area contributed by atoms with Crippen LogP contribution in [0.1, 0.15) is 20.7 Å². The van der Waals surface area contributed by atoms with Gasteiger partial charge in [-0.3, -0.25) is 4.79 Å². The van der Waals surface area contributed by atoms with Gasteiger partial charge in [-0.25, -0.2) is 4.79 Å². The second-order valence-corrected chi connectivity index (χ2v) is 4.77. The molecule has 2 aromatic carbocycles. The van der Waals surface area contributed by atoms with E-state index in [1.165, 1.54) is 26.3 Å². The molecular weight excluding hydrogens is 306 g/mol. The highest BCUT2D eigenvalue weighted by molar-refractivity contribution is 6.30. The first-order valence-corrected chi connectivity index (χ1v) is 6.81. The highest BCUT2D eigenvalue weighted by atomic mass is 35.5. The first-order chi connectivity index (χ1) is 10.5. The summed E-state index contributed by atoms with van der Waals surface area (Å²) in [7, 11) is 2.98. The fraction of sp³-hybridized carbons (Fsp3) is 0.125. The smallest absolute Gasteiger partial charge is 0.343 e. The van der Waals surface area contributed by atoms with Crippen molar-refractivity contribution in [1.29, 1.82) is 0 Å². The van der Waals surface area contributed by atoms with E-state index in [9.17, 15) is 9.59 Å². The minimum atomic E-state index is -0.588. The van der Waals surface area contributed by atoms with Crippen molar-refractivity contribution >= 4 is 23.5 Å². The van der Waals surface area contributed by atoms with Crippen molar-refractivity contribution in [3.8, 4) is 11.5 Å². The lowest BCUT2D eigenvalue weighted by atomic mass is 10.1. The molecule has 0 aliphatic carbocycles. The first kappa shape index (κ1) is 15.9. The number of benzene rings is 2. The maximum absolute atomic E-state index is 12.2. The summed E-state index contributed by atoms with van der Waals surface area (Å²) in [6.07, 6.45) is 0. The van der Waals surface area contributed by atoms with Crippen LogP contribution in [0, 0.1) is 0 Å². The van der Waals surface area contributed by atoms with Gasteiger partial charge in [0.05, 0.1) is 18.2 Å². The van der Waals surface area contributed by atoms with Gasteiger partial charge < -0.3 is 14.8 Å². The van der Waals surface area contributed by atoms with Crippen LogP contribution in [-0.2, 0) is 0 Å². The zero-order chi connectivity index (χ0) is 16.1. The van der Waals surface area contributed by atoms with Gasteiger partial charge >= 0.3 is 5.97 Å². The zero-order valence-corrected chi connectivity index (χ0v) is 12.8. The van der Waals surface area contributed by atoms with Gasteiger partial charge in [-0.2, -0.15) is 0 Å². The van der Waals surface area contributed by atoms with Gasteiger partial charge in [0.1, 0.15) is 11.5 Å². The summed E-state index contributed by atoms with van der Waals surface area (Å²) >= 11 is 5.78. The molecule has 0 spiro atoms. The van der Waals surface area contributed by atoms with Crippen LogP contribution < -0.4 is 14.8 Å². The quantitative estimate of drug-likeness (QED) is 0.695. The van der Waals surface area contributed by atoms with Crippen LogP contribution in [0.5, 0.6) is 11.5 Å². The lowest BCUT2D eigenvalue weighted by Gasteiger charge is -2.11. The van der Waals surface area contributed by atoms with Crippen molar-refractivity contribution in [3.05, 3.63) is 58.6 Å². The van der Waals surface area contributed by atoms with E-state index in [2.05, 4.69) is 5.32 Å². The number of carbonyl (C=O) groups excluding carboxylic acids is 2. The first-order valence-electron chi connectivity index (χ1n) is 6.43. The molecule has 114 valence electrons. The molecule has 0 radical (unpaired) electrons. The van der Waals surface area contributed by atoms with E-state index in [1.54, 1.807) is 30.3 Å². The molecule has 1 N–H and O–H groups in total. The normalized spacial score (nSPS) is 9.95. The van der Waals surface area contributed by atoms with E-state index in [-0.39, 0.29) is 17.2 Å². The lowest BCUT2D eigenvalue weighted by Crippen LogP contribution is -2.20. The number of methoxy groups -OCH3 is 1. The molecule has 0 saturated carbocycles. The molecule has 2 rings (SSSR count). The van der Waals surface area contributed by atoms with Gasteiger partial charge in [-0.15, -0.1) is 0 Å². The van der Waals surface area contributed by atoms with Crippen molar-refractivity contribution in [2.75, 3.05) is 14.2 Å². The predicted molar refractivity (Wildman–Crippen MR) is 82.8 cm³/mol. The number of amides is 1. The Balaban J connectivity index is 2.32. The van der Waals surface area contributed by atoms with Crippen LogP contribution in [0.15, 0.2) is 42.5 Å². The summed E-state index contributed by atoms with van der Waals surface area (Å²) in [5.74, 6) is -0.346. The molecule has 0 atom stereocenters. The number of rotatable bonds is 4. The Bertz CT molecular complexity index is 698. The fourth-order valence-electron chi connectivity index (χ4n) is 1.78. The Labute approximate surface area is 132 Å². The van der Waals surface area contributed by atoms with Gasteiger partial charge in [-0.05, 0) is 36.4 Å². The minimum Gasteiger partial charge on any atom is -0.497 e. The van der Waals surface area contributed by atoms with Gasteiger partial charge in [0.25, 0.3) is 5.91 Å². The van der Waals surface area contributed by atoms with Crippen molar-refractivity contribution < 1.29 is 19.1 Å². The molecule has 0 saturated heterocycles. The third kappa shape index (κ3) is 3.56. The van der Waals surface area contributed by atoms with Gasteiger partial charge in [0, 0.05) is 18.1 Å². The molecule has 0 aromatic heterocycles. The van der Waals surface area contributed by atoms with Gasteiger partial charge in [-0.1, -0.05) is 11.6 Å². The lowest BCUT2D eigenvalue weighted by molar-refractivity contribution is 0.0732. The zero-order valence-electron chi connectivity index (χ0n) is 12.1. The van der Waals surface area contributed by atoms with Crippen molar-refractivity contribution in [1.82, 2.24) is 5.32 Å². The van der Waals surface area contributed by atoms with Crippen molar-refractivity contribution in [2.24, 2.45) is 0 Å². The standard InChI is InChI=1S/C16H14ClNO4/c1-18-15(19)13-8-7-12(21-2)9-14(13)22-16(20)10-3-5-11(17)6-4-10/h3-9H,1-2H3,(H,18,19). The highest BCUT2D eigenvalue weighted by Gasteiger charge is 2.16. The Morgan fingerprint density at radius 3 is 2.36 bits per heavy atom. The molecule has 1 amide bonds. The van der Waals surface area contributed by atoms with Crippen LogP contribution in [0.25, 0.3) is 0 Å². The van der Waals surface area contributed by atoms with E-state index < -0.39 is 5.97 Å². The molecule has 0 fully saturated rings. The van der Waals surface area contributed by atoms with Crippen LogP contribution >= 0.6 is 11.6 Å². The monoisotopic (exact) mass is 319 g/mol. The molecule has 2 aromatic rings. The van der Waals surface area contributed by atoms with Crippen LogP contribution in [-0.4, -0.2) is 26.0 Å². The molecule has 6 heteroatoms. The topological polar surface area (TPSA) is 64.6 Å². The predicted octanol–water partition coefficient (Wildman–Crippen LogP) is 2.93. The van der Waals surface area contributed by atoms with Crippen molar-refractivity contribution in [3.63, 3.8) is 0 Å². The van der Waals surface area contributed by atoms with Gasteiger partial charge in [0.15, 0.2) is 0 Å². The molecule has 0 unspecified atom stereocenters. The van der Waals surface area contributed by atoms with Gasteiger partial charge in [0.2, 0.25) is 0 Å². The van der Waals surface area contributed by atoms with Crippen LogP contribution in [0.4, 0.5) is 0 Å². The van der Waals surface area contributed by atoms with E-state index in [0.29, 0.717) is 16.3 Å². The molecule has 0 aliphatic heterocycles. The number of nitrogens with one attached hydrogen (secondary N) is 1. The summed E-state index contributed by atoms with van der Waals surface area (Å²) in [5.41, 5.74) is 0.570. The molecular formula is C16H14ClNO4. The number of hydrogen-bond acceptors (Lipinski definition) is 4. The number of halogens is 1. The second kappa shape index (κ2) is 6.95. The maximum Gasteiger partial charge on any atom is 0.343 e. The summed E-state index contributed by atoms with van der Waals surface area (Å²) < 4.78 is 10.4. The fourth-order valence-corrected chi connectivity index (χ4v) is 1.91. The number of carbonyl (C=O) groups is 2. The van der Waals surface area contributed by atoms with Crippen LogP contribution in [0.2, 0.25) is 5.02 Å². The van der Waals surface area contributed by atoms with E-state index in [1.807, 2.05) is 0 Å². The van der Waals surface area contributed by atoms with Crippen LogP contribution in [0.3, 0.4) is 0 Å².